The number of rotatable bonds is 10. The average molecular weight is 433 g/mol. The number of benzene rings is 3. The monoisotopic (exact) mass is 433 g/mol. The van der Waals surface area contributed by atoms with Gasteiger partial charge in [-0.1, -0.05) is 19.1 Å². The minimum atomic E-state index is -0.445. The Morgan fingerprint density at radius 2 is 1.75 bits per heavy atom. The van der Waals surface area contributed by atoms with Gasteiger partial charge in [-0.05, 0) is 60.5 Å². The molecule has 32 heavy (non-hydrogen) atoms. The highest BCUT2D eigenvalue weighted by molar-refractivity contribution is 5.95. The molecule has 0 heterocycles. The number of para-hydroxylation sites is 1. The van der Waals surface area contributed by atoms with Crippen molar-refractivity contribution in [2.75, 3.05) is 6.61 Å². The van der Waals surface area contributed by atoms with Crippen LogP contribution in [0.1, 0.15) is 34.8 Å². The second kappa shape index (κ2) is 11.3. The fourth-order valence-electron chi connectivity index (χ4n) is 2.74. The van der Waals surface area contributed by atoms with Crippen LogP contribution in [0.5, 0.6) is 11.5 Å². The summed E-state index contributed by atoms with van der Waals surface area (Å²) in [6.07, 6.45) is 2.41. The van der Waals surface area contributed by atoms with Crippen molar-refractivity contribution >= 4 is 17.8 Å². The average Bonchev–Trinajstić information content (AvgIpc) is 2.82. The Morgan fingerprint density at radius 1 is 1.03 bits per heavy atom. The van der Waals surface area contributed by atoms with Crippen molar-refractivity contribution in [1.82, 2.24) is 5.43 Å². The first-order valence-electron chi connectivity index (χ1n) is 10.1. The van der Waals surface area contributed by atoms with Crippen LogP contribution in [-0.4, -0.2) is 23.7 Å². The molecule has 0 radical (unpaired) electrons. The minimum Gasteiger partial charge on any atom is -0.494 e. The number of hydrazone groups is 1. The summed E-state index contributed by atoms with van der Waals surface area (Å²) < 4.78 is 11.3. The number of non-ortho nitro benzene ring substituents is 1. The van der Waals surface area contributed by atoms with Crippen LogP contribution in [0.2, 0.25) is 0 Å². The molecule has 164 valence electrons. The van der Waals surface area contributed by atoms with Gasteiger partial charge in [0.05, 0.1) is 17.7 Å². The maximum atomic E-state index is 12.3. The fourth-order valence-corrected chi connectivity index (χ4v) is 2.74. The zero-order valence-corrected chi connectivity index (χ0v) is 17.6. The van der Waals surface area contributed by atoms with E-state index in [0.717, 1.165) is 12.0 Å². The third kappa shape index (κ3) is 6.40. The molecule has 3 aromatic carbocycles. The number of nitrogens with zero attached hydrogens (tertiary/aromatic N) is 2. The van der Waals surface area contributed by atoms with Crippen molar-refractivity contribution in [3.8, 4) is 11.5 Å². The number of nitro benzene ring substituents is 1. The van der Waals surface area contributed by atoms with Crippen molar-refractivity contribution < 1.29 is 19.2 Å². The molecule has 0 bridgehead atoms. The van der Waals surface area contributed by atoms with Crippen LogP contribution in [0.4, 0.5) is 5.69 Å². The van der Waals surface area contributed by atoms with Crippen molar-refractivity contribution in [1.29, 1.82) is 0 Å². The molecule has 3 aromatic rings. The van der Waals surface area contributed by atoms with Crippen molar-refractivity contribution in [3.05, 3.63) is 99.6 Å². The van der Waals surface area contributed by atoms with Gasteiger partial charge >= 0.3 is 0 Å². The van der Waals surface area contributed by atoms with Gasteiger partial charge in [-0.2, -0.15) is 5.10 Å². The van der Waals surface area contributed by atoms with Gasteiger partial charge in [0.25, 0.3) is 11.6 Å². The largest absolute Gasteiger partial charge is 0.494 e. The van der Waals surface area contributed by atoms with Gasteiger partial charge in [0.15, 0.2) is 0 Å². The third-order valence-electron chi connectivity index (χ3n) is 4.42. The molecule has 0 saturated carbocycles. The van der Waals surface area contributed by atoms with Gasteiger partial charge in [0, 0.05) is 23.3 Å². The Morgan fingerprint density at radius 3 is 2.44 bits per heavy atom. The molecule has 0 atom stereocenters. The Balaban J connectivity index is 1.58. The number of hydrogen-bond donors (Lipinski definition) is 1. The van der Waals surface area contributed by atoms with Crippen LogP contribution in [0.15, 0.2) is 77.9 Å². The minimum absolute atomic E-state index is 0.0279. The fraction of sp³-hybridized carbons (Fsp3) is 0.167. The van der Waals surface area contributed by atoms with Crippen LogP contribution in [0.25, 0.3) is 0 Å². The molecule has 0 aliphatic rings. The first-order chi connectivity index (χ1) is 15.6. The van der Waals surface area contributed by atoms with Gasteiger partial charge in [-0.25, -0.2) is 5.43 Å². The first-order valence-corrected chi connectivity index (χ1v) is 10.1. The summed E-state index contributed by atoms with van der Waals surface area (Å²) in [5.41, 5.74) is 4.46. The summed E-state index contributed by atoms with van der Waals surface area (Å²) >= 11 is 0. The van der Waals surface area contributed by atoms with Crippen molar-refractivity contribution in [3.63, 3.8) is 0 Å². The Labute approximate surface area is 185 Å². The Hall–Kier alpha value is -4.20. The second-order valence-corrected chi connectivity index (χ2v) is 6.82. The van der Waals surface area contributed by atoms with E-state index in [1.807, 2.05) is 19.1 Å². The molecular formula is C24H23N3O5. The summed E-state index contributed by atoms with van der Waals surface area (Å²) in [5, 5.41) is 14.8. The maximum Gasteiger partial charge on any atom is 0.271 e. The zero-order valence-electron chi connectivity index (χ0n) is 17.6. The van der Waals surface area contributed by atoms with Crippen LogP contribution in [0.3, 0.4) is 0 Å². The molecule has 0 fully saturated rings. The summed E-state index contributed by atoms with van der Waals surface area (Å²) in [5.74, 6) is 0.944. The maximum absolute atomic E-state index is 12.3. The lowest BCUT2D eigenvalue weighted by atomic mass is 10.2. The van der Waals surface area contributed by atoms with Gasteiger partial charge in [0.1, 0.15) is 18.1 Å². The van der Waals surface area contributed by atoms with Gasteiger partial charge in [0.2, 0.25) is 0 Å². The van der Waals surface area contributed by atoms with E-state index in [4.69, 9.17) is 9.47 Å². The van der Waals surface area contributed by atoms with Gasteiger partial charge in [-0.15, -0.1) is 0 Å². The van der Waals surface area contributed by atoms with E-state index in [1.54, 1.807) is 48.5 Å². The van der Waals surface area contributed by atoms with E-state index in [-0.39, 0.29) is 18.2 Å². The zero-order chi connectivity index (χ0) is 22.8. The highest BCUT2D eigenvalue weighted by Gasteiger charge is 2.07. The summed E-state index contributed by atoms with van der Waals surface area (Å²) in [6.45, 7) is 2.89. The van der Waals surface area contributed by atoms with E-state index >= 15 is 0 Å². The number of carbonyl (C=O) groups excluding carboxylic acids is 1. The van der Waals surface area contributed by atoms with Crippen LogP contribution < -0.4 is 14.9 Å². The Kier molecular flexibility index (Phi) is 7.91. The highest BCUT2D eigenvalue weighted by Crippen LogP contribution is 2.19. The lowest BCUT2D eigenvalue weighted by Crippen LogP contribution is -2.17. The number of nitrogens with one attached hydrogen (secondary N) is 1. The third-order valence-corrected chi connectivity index (χ3v) is 4.42. The lowest BCUT2D eigenvalue weighted by Gasteiger charge is -2.09. The van der Waals surface area contributed by atoms with E-state index in [1.165, 1.54) is 18.3 Å². The van der Waals surface area contributed by atoms with Crippen LogP contribution in [-0.2, 0) is 6.61 Å². The number of carbonyl (C=O) groups is 1. The molecule has 1 N–H and O–H groups in total. The molecule has 0 aliphatic heterocycles. The van der Waals surface area contributed by atoms with E-state index in [0.29, 0.717) is 29.2 Å². The van der Waals surface area contributed by atoms with Crippen molar-refractivity contribution in [2.24, 2.45) is 5.10 Å². The van der Waals surface area contributed by atoms with Crippen LogP contribution >= 0.6 is 0 Å². The van der Waals surface area contributed by atoms with Crippen LogP contribution in [0, 0.1) is 10.1 Å². The van der Waals surface area contributed by atoms with Gasteiger partial charge < -0.3 is 9.47 Å². The molecule has 0 aliphatic carbocycles. The smallest absolute Gasteiger partial charge is 0.271 e. The number of amides is 1. The van der Waals surface area contributed by atoms with Crippen molar-refractivity contribution in [2.45, 2.75) is 20.0 Å². The Bertz CT molecular complexity index is 1080. The van der Waals surface area contributed by atoms with E-state index in [2.05, 4.69) is 10.5 Å². The summed E-state index contributed by atoms with van der Waals surface area (Å²) in [6, 6.07) is 20.2. The first kappa shape index (κ1) is 22.5. The summed E-state index contributed by atoms with van der Waals surface area (Å²) in [7, 11) is 0. The number of nitro groups is 1. The molecule has 3 rings (SSSR count). The highest BCUT2D eigenvalue weighted by atomic mass is 16.6. The molecule has 0 aromatic heterocycles. The predicted octanol–water partition coefficient (Wildman–Crippen LogP) is 4.73. The number of hydrogen-bond acceptors (Lipinski definition) is 6. The number of ether oxygens (including phenoxy) is 2. The topological polar surface area (TPSA) is 103 Å². The molecule has 0 unspecified atom stereocenters. The lowest BCUT2D eigenvalue weighted by molar-refractivity contribution is -0.384. The standard InChI is InChI=1S/C24H23N3O5/c1-2-15-31-22-13-9-19(10-14-22)24(28)26-25-16-20-5-3-4-6-23(20)32-17-18-7-11-21(12-8-18)27(29)30/h3-14,16H,2,15,17H2,1H3,(H,26,28)/b25-16-. The van der Waals surface area contributed by atoms with E-state index < -0.39 is 4.92 Å². The predicted molar refractivity (Wildman–Crippen MR) is 121 cm³/mol. The SMILES string of the molecule is CCCOc1ccc(C(=O)N/N=C\c2ccccc2OCc2ccc([N+](=O)[O-])cc2)cc1. The molecule has 1 amide bonds. The molecule has 0 spiro atoms. The summed E-state index contributed by atoms with van der Waals surface area (Å²) in [4.78, 5) is 22.6. The van der Waals surface area contributed by atoms with E-state index in [9.17, 15) is 14.9 Å². The van der Waals surface area contributed by atoms with Gasteiger partial charge in [-0.3, -0.25) is 14.9 Å². The quantitative estimate of drug-likeness (QED) is 0.283. The molecule has 0 saturated heterocycles. The molecule has 8 heteroatoms. The normalized spacial score (nSPS) is 10.7. The second-order valence-electron chi connectivity index (χ2n) is 6.82. The molecular weight excluding hydrogens is 410 g/mol. The molecule has 8 nitrogen and oxygen atoms in total.